The zero-order valence-electron chi connectivity index (χ0n) is 12.8. The molecule has 0 unspecified atom stereocenters. The van der Waals surface area contributed by atoms with E-state index in [1.165, 1.54) is 37.7 Å². The lowest BCUT2D eigenvalue weighted by Crippen LogP contribution is -2.39. The van der Waals surface area contributed by atoms with Crippen LogP contribution in [0, 0.1) is 5.41 Å². The minimum absolute atomic E-state index is 0.350. The van der Waals surface area contributed by atoms with E-state index in [-0.39, 0.29) is 0 Å². The summed E-state index contributed by atoms with van der Waals surface area (Å²) in [7, 11) is 1.74. The third-order valence-electron chi connectivity index (χ3n) is 4.46. The molecule has 1 aromatic carbocycles. The van der Waals surface area contributed by atoms with Crippen molar-refractivity contribution in [1.29, 1.82) is 0 Å². The Morgan fingerprint density at radius 1 is 1.14 bits per heavy atom. The van der Waals surface area contributed by atoms with Gasteiger partial charge in [0.15, 0.2) is 0 Å². The maximum atomic E-state index is 6.16. The molecule has 0 amide bonds. The highest BCUT2D eigenvalue weighted by atomic mass is 35.5. The monoisotopic (exact) mass is 329 g/mol. The van der Waals surface area contributed by atoms with Crippen molar-refractivity contribution in [1.82, 2.24) is 5.32 Å². The van der Waals surface area contributed by atoms with E-state index in [4.69, 9.17) is 27.9 Å². The molecule has 1 aromatic rings. The smallest absolute Gasteiger partial charge is 0.0595 e. The molecule has 1 aliphatic carbocycles. The van der Waals surface area contributed by atoms with Crippen LogP contribution in [0.4, 0.5) is 0 Å². The summed E-state index contributed by atoms with van der Waals surface area (Å²) in [6.45, 7) is 2.74. The molecule has 118 valence electrons. The van der Waals surface area contributed by atoms with E-state index >= 15 is 0 Å². The van der Waals surface area contributed by atoms with Gasteiger partial charge in [-0.2, -0.15) is 0 Å². The normalized spacial score (nSPS) is 17.9. The molecular weight excluding hydrogens is 305 g/mol. The van der Waals surface area contributed by atoms with Gasteiger partial charge in [0, 0.05) is 20.2 Å². The number of methoxy groups -OCH3 is 1. The molecule has 0 spiro atoms. The summed E-state index contributed by atoms with van der Waals surface area (Å²) in [6.07, 6.45) is 7.66. The lowest BCUT2D eigenvalue weighted by atomic mass is 9.70. The summed E-state index contributed by atoms with van der Waals surface area (Å²) >= 11 is 12.2. The zero-order valence-corrected chi connectivity index (χ0v) is 14.3. The second kappa shape index (κ2) is 8.38. The quantitative estimate of drug-likeness (QED) is 0.730. The molecule has 2 rings (SSSR count). The molecule has 0 bridgehead atoms. The largest absolute Gasteiger partial charge is 0.383 e. The maximum Gasteiger partial charge on any atom is 0.0595 e. The molecule has 1 aliphatic rings. The van der Waals surface area contributed by atoms with E-state index in [0.717, 1.165) is 26.1 Å². The highest BCUT2D eigenvalue weighted by molar-refractivity contribution is 6.42. The van der Waals surface area contributed by atoms with Gasteiger partial charge in [0.05, 0.1) is 16.7 Å². The van der Waals surface area contributed by atoms with Crippen LogP contribution in [-0.4, -0.2) is 26.8 Å². The average Bonchev–Trinajstić information content (AvgIpc) is 2.49. The van der Waals surface area contributed by atoms with Gasteiger partial charge in [-0.1, -0.05) is 48.5 Å². The van der Waals surface area contributed by atoms with E-state index in [0.29, 0.717) is 15.5 Å². The fraction of sp³-hybridized carbons (Fsp3) is 0.647. The lowest BCUT2D eigenvalue weighted by Gasteiger charge is -2.38. The van der Waals surface area contributed by atoms with Crippen LogP contribution in [0.5, 0.6) is 0 Å². The van der Waals surface area contributed by atoms with E-state index in [1.807, 2.05) is 12.1 Å². The molecule has 0 radical (unpaired) electrons. The highest BCUT2D eigenvalue weighted by Gasteiger charge is 2.31. The Morgan fingerprint density at radius 2 is 1.90 bits per heavy atom. The molecule has 21 heavy (non-hydrogen) atoms. The summed E-state index contributed by atoms with van der Waals surface area (Å²) < 4.78 is 5.12. The molecule has 0 atom stereocenters. The van der Waals surface area contributed by atoms with Crippen LogP contribution in [0.25, 0.3) is 0 Å². The Hall–Kier alpha value is -0.280. The fourth-order valence-corrected chi connectivity index (χ4v) is 3.65. The van der Waals surface area contributed by atoms with Gasteiger partial charge < -0.3 is 10.1 Å². The molecule has 1 fully saturated rings. The number of hydrogen-bond donors (Lipinski definition) is 1. The van der Waals surface area contributed by atoms with Gasteiger partial charge in [-0.25, -0.2) is 0 Å². The lowest BCUT2D eigenvalue weighted by molar-refractivity contribution is 0.162. The van der Waals surface area contributed by atoms with Crippen molar-refractivity contribution in [3.05, 3.63) is 33.8 Å². The molecular formula is C17H25Cl2NO. The molecule has 0 saturated heterocycles. The summed E-state index contributed by atoms with van der Waals surface area (Å²) in [6, 6.07) is 6.04. The molecule has 1 N–H and O–H groups in total. The number of rotatable bonds is 7. The third-order valence-corrected chi connectivity index (χ3v) is 5.20. The number of halogens is 2. The van der Waals surface area contributed by atoms with Crippen molar-refractivity contribution in [2.45, 2.75) is 38.5 Å². The van der Waals surface area contributed by atoms with Crippen molar-refractivity contribution in [3.8, 4) is 0 Å². The highest BCUT2D eigenvalue weighted by Crippen LogP contribution is 2.39. The molecule has 0 heterocycles. The Labute approximate surface area is 138 Å². The topological polar surface area (TPSA) is 21.3 Å². The Morgan fingerprint density at radius 3 is 2.57 bits per heavy atom. The third kappa shape index (κ3) is 5.14. The zero-order chi connectivity index (χ0) is 15.1. The average molecular weight is 330 g/mol. The molecule has 0 aromatic heterocycles. The fourth-order valence-electron chi connectivity index (χ4n) is 3.33. The number of nitrogens with one attached hydrogen (secondary N) is 1. The van der Waals surface area contributed by atoms with Crippen LogP contribution in [0.2, 0.25) is 10.0 Å². The predicted molar refractivity (Wildman–Crippen MR) is 90.4 cm³/mol. The van der Waals surface area contributed by atoms with Gasteiger partial charge in [0.2, 0.25) is 0 Å². The first kappa shape index (κ1) is 17.1. The van der Waals surface area contributed by atoms with Crippen molar-refractivity contribution in [3.63, 3.8) is 0 Å². The predicted octanol–water partition coefficient (Wildman–Crippen LogP) is 4.72. The van der Waals surface area contributed by atoms with E-state index in [1.54, 1.807) is 7.11 Å². The first-order valence-electron chi connectivity index (χ1n) is 7.79. The second-order valence-corrected chi connectivity index (χ2v) is 6.97. The van der Waals surface area contributed by atoms with Gasteiger partial charge in [-0.3, -0.25) is 0 Å². The van der Waals surface area contributed by atoms with Gasteiger partial charge >= 0.3 is 0 Å². The van der Waals surface area contributed by atoms with Crippen molar-refractivity contribution >= 4 is 23.2 Å². The van der Waals surface area contributed by atoms with E-state index in [2.05, 4.69) is 11.4 Å². The van der Waals surface area contributed by atoms with Crippen LogP contribution in [0.15, 0.2) is 18.2 Å². The van der Waals surface area contributed by atoms with Crippen LogP contribution >= 0.6 is 23.2 Å². The number of benzene rings is 1. The molecule has 1 saturated carbocycles. The Bertz CT molecular complexity index is 444. The van der Waals surface area contributed by atoms with Gasteiger partial charge in [0.1, 0.15) is 0 Å². The molecule has 0 aliphatic heterocycles. The molecule has 2 nitrogen and oxygen atoms in total. The van der Waals surface area contributed by atoms with Crippen molar-refractivity contribution in [2.24, 2.45) is 5.41 Å². The van der Waals surface area contributed by atoms with Crippen molar-refractivity contribution in [2.75, 3.05) is 26.8 Å². The summed E-state index contributed by atoms with van der Waals surface area (Å²) in [5.74, 6) is 0. The SMILES string of the molecule is COCCNCC1(Cc2ccc(Cl)c(Cl)c2)CCCCC1. The Kier molecular flexibility index (Phi) is 6.81. The van der Waals surface area contributed by atoms with Crippen molar-refractivity contribution < 1.29 is 4.74 Å². The molecule has 4 heteroatoms. The summed E-state index contributed by atoms with van der Waals surface area (Å²) in [4.78, 5) is 0. The van der Waals surface area contributed by atoms with Gasteiger partial charge in [0.25, 0.3) is 0 Å². The number of ether oxygens (including phenoxy) is 1. The standard InChI is InChI=1S/C17H25Cl2NO/c1-21-10-9-20-13-17(7-3-2-4-8-17)12-14-5-6-15(18)16(19)11-14/h5-6,11,20H,2-4,7-10,12-13H2,1H3. The minimum atomic E-state index is 0.350. The van der Waals surface area contributed by atoms with Gasteiger partial charge in [-0.15, -0.1) is 0 Å². The number of hydrogen-bond acceptors (Lipinski definition) is 2. The minimum Gasteiger partial charge on any atom is -0.383 e. The first-order valence-corrected chi connectivity index (χ1v) is 8.54. The Balaban J connectivity index is 2.02. The van der Waals surface area contributed by atoms with Crippen LogP contribution < -0.4 is 5.32 Å². The van der Waals surface area contributed by atoms with Gasteiger partial charge in [-0.05, 0) is 42.4 Å². The maximum absolute atomic E-state index is 6.16. The van der Waals surface area contributed by atoms with Crippen LogP contribution in [-0.2, 0) is 11.2 Å². The summed E-state index contributed by atoms with van der Waals surface area (Å²) in [5.41, 5.74) is 1.64. The van der Waals surface area contributed by atoms with E-state index < -0.39 is 0 Å². The first-order chi connectivity index (χ1) is 10.2. The van der Waals surface area contributed by atoms with Crippen LogP contribution in [0.1, 0.15) is 37.7 Å². The second-order valence-electron chi connectivity index (χ2n) is 6.16. The van der Waals surface area contributed by atoms with Crippen LogP contribution in [0.3, 0.4) is 0 Å². The summed E-state index contributed by atoms with van der Waals surface area (Å²) in [5, 5.41) is 4.85. The van der Waals surface area contributed by atoms with E-state index in [9.17, 15) is 0 Å².